The minimum atomic E-state index is 0.304. The van der Waals surface area contributed by atoms with E-state index in [1.807, 2.05) is 60.7 Å². The van der Waals surface area contributed by atoms with E-state index in [2.05, 4.69) is 22.0 Å². The van der Waals surface area contributed by atoms with Crippen LogP contribution < -0.4 is 10.1 Å². The molecule has 3 aromatic rings. The van der Waals surface area contributed by atoms with E-state index in [1.165, 1.54) is 0 Å². The van der Waals surface area contributed by atoms with Gasteiger partial charge in [-0.15, -0.1) is 0 Å². The van der Waals surface area contributed by atoms with Crippen LogP contribution in [-0.4, -0.2) is 25.5 Å². The van der Waals surface area contributed by atoms with Crippen molar-refractivity contribution in [2.45, 2.75) is 0 Å². The summed E-state index contributed by atoms with van der Waals surface area (Å²) >= 11 is 0. The molecule has 25 heavy (non-hydrogen) atoms. The fourth-order valence-corrected chi connectivity index (χ4v) is 2.34. The second-order valence-electron chi connectivity index (χ2n) is 5.27. The Hall–Kier alpha value is -3.34. The first-order valence-corrected chi connectivity index (χ1v) is 7.83. The number of ether oxygens (including phenoxy) is 2. The topological polar surface area (TPSA) is 55.7 Å². The molecule has 0 bridgehead atoms. The molecule has 1 heterocycles. The van der Waals surface area contributed by atoms with Crippen molar-refractivity contribution >= 4 is 29.0 Å². The first-order chi connectivity index (χ1) is 12.3. The predicted octanol–water partition coefficient (Wildman–Crippen LogP) is 4.33. The van der Waals surface area contributed by atoms with Gasteiger partial charge in [0.15, 0.2) is 6.73 Å². The van der Waals surface area contributed by atoms with Gasteiger partial charge < -0.3 is 14.8 Å². The summed E-state index contributed by atoms with van der Waals surface area (Å²) in [5.74, 6) is 0.812. The standard InChI is InChI=1S/C20H19N3O2/c1-21-20(19-12-7-15-5-3-4-6-18(15)23-19)13-25-14-22-16-8-10-17(24-2)11-9-16/h3-13,22H,1,14H2,2H3/b20-13-. The number of nitrogens with zero attached hydrogens (tertiary/aromatic N) is 2. The third-order valence-electron chi connectivity index (χ3n) is 3.68. The minimum absolute atomic E-state index is 0.304. The number of para-hydroxylation sites is 1. The molecular weight excluding hydrogens is 314 g/mol. The Kier molecular flexibility index (Phi) is 5.26. The summed E-state index contributed by atoms with van der Waals surface area (Å²) < 4.78 is 10.7. The number of fused-ring (bicyclic) bond motifs is 1. The monoisotopic (exact) mass is 333 g/mol. The molecular formula is C20H19N3O2. The highest BCUT2D eigenvalue weighted by atomic mass is 16.5. The van der Waals surface area contributed by atoms with E-state index in [0.717, 1.165) is 28.0 Å². The van der Waals surface area contributed by atoms with Gasteiger partial charge in [-0.25, -0.2) is 4.98 Å². The molecule has 2 aromatic carbocycles. The predicted molar refractivity (Wildman–Crippen MR) is 102 cm³/mol. The van der Waals surface area contributed by atoms with Crippen LogP contribution in [-0.2, 0) is 4.74 Å². The van der Waals surface area contributed by atoms with Crippen LogP contribution in [0.15, 0.2) is 71.9 Å². The molecule has 0 aliphatic rings. The number of nitrogens with one attached hydrogen (secondary N) is 1. The molecule has 0 aliphatic heterocycles. The summed E-state index contributed by atoms with van der Waals surface area (Å²) in [6.07, 6.45) is 1.56. The van der Waals surface area contributed by atoms with E-state index in [9.17, 15) is 0 Å². The number of benzene rings is 2. The Balaban J connectivity index is 1.64. The number of hydrogen-bond donors (Lipinski definition) is 1. The third-order valence-corrected chi connectivity index (χ3v) is 3.68. The molecule has 1 aromatic heterocycles. The Morgan fingerprint density at radius 3 is 2.68 bits per heavy atom. The van der Waals surface area contributed by atoms with Gasteiger partial charge >= 0.3 is 0 Å². The highest BCUT2D eigenvalue weighted by molar-refractivity contribution is 5.81. The summed E-state index contributed by atoms with van der Waals surface area (Å²) in [5, 5.41) is 4.23. The average molecular weight is 333 g/mol. The summed E-state index contributed by atoms with van der Waals surface area (Å²) in [4.78, 5) is 8.60. The molecule has 0 spiro atoms. The zero-order valence-electron chi connectivity index (χ0n) is 14.0. The van der Waals surface area contributed by atoms with Crippen molar-refractivity contribution < 1.29 is 9.47 Å². The summed E-state index contributed by atoms with van der Waals surface area (Å²) in [6.45, 7) is 3.91. The quantitative estimate of drug-likeness (QED) is 0.303. The number of methoxy groups -OCH3 is 1. The minimum Gasteiger partial charge on any atom is -0.497 e. The average Bonchev–Trinajstić information content (AvgIpc) is 2.68. The number of aromatic nitrogens is 1. The molecule has 5 heteroatoms. The maximum Gasteiger partial charge on any atom is 0.158 e. The molecule has 0 saturated carbocycles. The Labute approximate surface area is 146 Å². The number of pyridine rings is 1. The van der Waals surface area contributed by atoms with Gasteiger partial charge in [0.1, 0.15) is 17.7 Å². The maximum atomic E-state index is 5.54. The third kappa shape index (κ3) is 4.14. The smallest absolute Gasteiger partial charge is 0.158 e. The lowest BCUT2D eigenvalue weighted by Gasteiger charge is -2.08. The largest absolute Gasteiger partial charge is 0.497 e. The lowest BCUT2D eigenvalue weighted by atomic mass is 10.2. The molecule has 5 nitrogen and oxygen atoms in total. The van der Waals surface area contributed by atoms with Crippen LogP contribution in [0.25, 0.3) is 16.6 Å². The van der Waals surface area contributed by atoms with E-state index in [1.54, 1.807) is 13.4 Å². The van der Waals surface area contributed by atoms with Crippen molar-refractivity contribution in [1.29, 1.82) is 0 Å². The molecule has 0 amide bonds. The van der Waals surface area contributed by atoms with Gasteiger partial charge in [-0.3, -0.25) is 4.99 Å². The van der Waals surface area contributed by atoms with Gasteiger partial charge in [0, 0.05) is 11.1 Å². The Morgan fingerprint density at radius 2 is 1.92 bits per heavy atom. The zero-order chi connectivity index (χ0) is 17.5. The van der Waals surface area contributed by atoms with Crippen LogP contribution in [0.3, 0.4) is 0 Å². The maximum absolute atomic E-state index is 5.54. The molecule has 126 valence electrons. The molecule has 0 saturated heterocycles. The Bertz CT molecular complexity index is 889. The van der Waals surface area contributed by atoms with Gasteiger partial charge in [0.2, 0.25) is 0 Å². The van der Waals surface area contributed by atoms with Crippen LogP contribution in [0, 0.1) is 0 Å². The molecule has 0 atom stereocenters. The van der Waals surface area contributed by atoms with Gasteiger partial charge in [-0.1, -0.05) is 24.3 Å². The Morgan fingerprint density at radius 1 is 1.12 bits per heavy atom. The number of rotatable bonds is 7. The van der Waals surface area contributed by atoms with Crippen LogP contribution >= 0.6 is 0 Å². The summed E-state index contributed by atoms with van der Waals surface area (Å²) in [7, 11) is 1.64. The molecule has 1 N–H and O–H groups in total. The zero-order valence-corrected chi connectivity index (χ0v) is 14.0. The van der Waals surface area contributed by atoms with Crippen molar-refractivity contribution in [2.24, 2.45) is 4.99 Å². The van der Waals surface area contributed by atoms with Crippen molar-refractivity contribution in [3.63, 3.8) is 0 Å². The van der Waals surface area contributed by atoms with E-state index in [0.29, 0.717) is 12.4 Å². The highest BCUT2D eigenvalue weighted by Crippen LogP contribution is 2.18. The van der Waals surface area contributed by atoms with Crippen molar-refractivity contribution in [1.82, 2.24) is 4.98 Å². The number of hydrogen-bond acceptors (Lipinski definition) is 5. The normalized spacial score (nSPS) is 11.2. The molecule has 0 aliphatic carbocycles. The fourth-order valence-electron chi connectivity index (χ4n) is 2.34. The lowest BCUT2D eigenvalue weighted by Crippen LogP contribution is -2.03. The molecule has 0 unspecified atom stereocenters. The lowest BCUT2D eigenvalue weighted by molar-refractivity contribution is 0.276. The van der Waals surface area contributed by atoms with Crippen molar-refractivity contribution in [3.8, 4) is 5.75 Å². The van der Waals surface area contributed by atoms with Crippen LogP contribution in [0.1, 0.15) is 5.69 Å². The number of aliphatic imine (C=N–C) groups is 1. The van der Waals surface area contributed by atoms with Crippen LogP contribution in [0.2, 0.25) is 0 Å². The van der Waals surface area contributed by atoms with Gasteiger partial charge in [-0.2, -0.15) is 0 Å². The second kappa shape index (κ2) is 7.97. The molecule has 0 fully saturated rings. The fraction of sp³-hybridized carbons (Fsp3) is 0.100. The first-order valence-electron chi connectivity index (χ1n) is 7.83. The van der Waals surface area contributed by atoms with Crippen LogP contribution in [0.5, 0.6) is 5.75 Å². The summed E-state index contributed by atoms with van der Waals surface area (Å²) in [6, 6.07) is 19.4. The van der Waals surface area contributed by atoms with E-state index >= 15 is 0 Å². The van der Waals surface area contributed by atoms with Crippen molar-refractivity contribution in [3.05, 3.63) is 72.6 Å². The second-order valence-corrected chi connectivity index (χ2v) is 5.27. The SMILES string of the molecule is C=N/C(=C\OCNc1ccc(OC)cc1)c1ccc2ccccc2n1. The molecule has 3 rings (SSSR count). The summed E-state index contributed by atoms with van der Waals surface area (Å²) in [5.41, 5.74) is 3.15. The van der Waals surface area contributed by atoms with Crippen LogP contribution in [0.4, 0.5) is 5.69 Å². The van der Waals surface area contributed by atoms with Gasteiger partial charge in [-0.05, 0) is 43.1 Å². The van der Waals surface area contributed by atoms with Gasteiger partial charge in [0.25, 0.3) is 0 Å². The van der Waals surface area contributed by atoms with E-state index < -0.39 is 0 Å². The highest BCUT2D eigenvalue weighted by Gasteiger charge is 2.03. The van der Waals surface area contributed by atoms with E-state index in [4.69, 9.17) is 9.47 Å². The first kappa shape index (κ1) is 16.5. The van der Waals surface area contributed by atoms with Crippen molar-refractivity contribution in [2.75, 3.05) is 19.2 Å². The molecule has 0 radical (unpaired) electrons. The number of anilines is 1. The van der Waals surface area contributed by atoms with E-state index in [-0.39, 0.29) is 0 Å². The van der Waals surface area contributed by atoms with Gasteiger partial charge in [0.05, 0.1) is 18.3 Å².